The number of nitrogens with two attached hydrogens (primary N) is 1. The van der Waals surface area contributed by atoms with Gasteiger partial charge in [0.15, 0.2) is 11.5 Å². The Kier molecular flexibility index (Phi) is 3.78. The van der Waals surface area contributed by atoms with Crippen molar-refractivity contribution in [1.82, 2.24) is 5.32 Å². The Hall–Kier alpha value is -1.75. The Morgan fingerprint density at radius 3 is 2.95 bits per heavy atom. The molecule has 1 fully saturated rings. The lowest BCUT2D eigenvalue weighted by molar-refractivity contribution is -0.122. The number of ether oxygens (including phenoxy) is 2. The van der Waals surface area contributed by atoms with E-state index in [1.54, 1.807) is 0 Å². The molecule has 1 aliphatic carbocycles. The molecule has 3 rings (SSSR count). The van der Waals surface area contributed by atoms with Crippen molar-refractivity contribution in [2.45, 2.75) is 38.3 Å². The summed E-state index contributed by atoms with van der Waals surface area (Å²) in [5.41, 5.74) is 7.00. The van der Waals surface area contributed by atoms with Gasteiger partial charge in [-0.3, -0.25) is 4.79 Å². The van der Waals surface area contributed by atoms with Crippen LogP contribution in [0.5, 0.6) is 11.5 Å². The third kappa shape index (κ3) is 2.88. The molecule has 0 radical (unpaired) electrons. The number of carbonyl (C=O) groups excluding carboxylic acids is 1. The van der Waals surface area contributed by atoms with Gasteiger partial charge in [-0.25, -0.2) is 0 Å². The number of carbonyl (C=O) groups is 1. The number of nitrogens with one attached hydrogen (secondary N) is 1. The predicted octanol–water partition coefficient (Wildman–Crippen LogP) is 1.55. The van der Waals surface area contributed by atoms with Crippen LogP contribution >= 0.6 is 0 Å². The highest BCUT2D eigenvalue weighted by atomic mass is 16.7. The van der Waals surface area contributed by atoms with Crippen molar-refractivity contribution in [2.24, 2.45) is 11.7 Å². The highest BCUT2D eigenvalue weighted by Crippen LogP contribution is 2.32. The van der Waals surface area contributed by atoms with Gasteiger partial charge in [0.1, 0.15) is 0 Å². The van der Waals surface area contributed by atoms with Gasteiger partial charge in [0, 0.05) is 19.0 Å². The minimum absolute atomic E-state index is 0.0741. The first-order valence-corrected chi connectivity index (χ1v) is 7.13. The maximum Gasteiger partial charge on any atom is 0.231 e. The highest BCUT2D eigenvalue weighted by Gasteiger charge is 2.25. The molecule has 0 aromatic heterocycles. The van der Waals surface area contributed by atoms with Gasteiger partial charge in [0.05, 0.1) is 0 Å². The smallest absolute Gasteiger partial charge is 0.231 e. The molecule has 20 heavy (non-hydrogen) atoms. The third-order valence-electron chi connectivity index (χ3n) is 4.09. The summed E-state index contributed by atoms with van der Waals surface area (Å²) in [6.07, 6.45) is 3.78. The van der Waals surface area contributed by atoms with E-state index in [0.717, 1.165) is 36.3 Å². The number of fused-ring (bicyclic) bond motifs is 1. The van der Waals surface area contributed by atoms with Gasteiger partial charge in [0.2, 0.25) is 12.7 Å². The van der Waals surface area contributed by atoms with Crippen LogP contribution in [0, 0.1) is 5.92 Å². The molecule has 1 aromatic carbocycles. The molecule has 2 aliphatic rings. The molecule has 1 amide bonds. The summed E-state index contributed by atoms with van der Waals surface area (Å²) in [5.74, 6) is 1.92. The molecule has 108 valence electrons. The molecule has 5 heteroatoms. The predicted molar refractivity (Wildman–Crippen MR) is 74.3 cm³/mol. The fourth-order valence-electron chi connectivity index (χ4n) is 2.88. The fraction of sp³-hybridized carbons (Fsp3) is 0.533. The van der Waals surface area contributed by atoms with Crippen molar-refractivity contribution < 1.29 is 14.3 Å². The van der Waals surface area contributed by atoms with Crippen LogP contribution in [-0.4, -0.2) is 18.7 Å². The van der Waals surface area contributed by atoms with Crippen molar-refractivity contribution in [1.29, 1.82) is 0 Å². The Morgan fingerprint density at radius 1 is 1.30 bits per heavy atom. The molecule has 0 bridgehead atoms. The van der Waals surface area contributed by atoms with Gasteiger partial charge < -0.3 is 20.5 Å². The molecule has 0 saturated heterocycles. The van der Waals surface area contributed by atoms with E-state index in [9.17, 15) is 4.79 Å². The van der Waals surface area contributed by atoms with Gasteiger partial charge in [-0.15, -0.1) is 0 Å². The summed E-state index contributed by atoms with van der Waals surface area (Å²) < 4.78 is 10.6. The van der Waals surface area contributed by atoms with E-state index in [1.165, 1.54) is 0 Å². The molecular formula is C15H20N2O3. The molecule has 5 nitrogen and oxygen atoms in total. The second-order valence-corrected chi connectivity index (χ2v) is 5.52. The minimum atomic E-state index is 0.0741. The summed E-state index contributed by atoms with van der Waals surface area (Å²) in [6.45, 7) is 0.780. The lowest BCUT2D eigenvalue weighted by Gasteiger charge is -2.14. The first-order valence-electron chi connectivity index (χ1n) is 7.13. The lowest BCUT2D eigenvalue weighted by Crippen LogP contribution is -2.31. The molecule has 3 N–H and O–H groups in total. The number of hydrogen-bond acceptors (Lipinski definition) is 4. The summed E-state index contributed by atoms with van der Waals surface area (Å²) in [7, 11) is 0. The Morgan fingerprint density at radius 2 is 2.15 bits per heavy atom. The maximum absolute atomic E-state index is 11.9. The molecule has 1 heterocycles. The minimum Gasteiger partial charge on any atom is -0.454 e. The summed E-state index contributed by atoms with van der Waals surface area (Å²) in [6, 6.07) is 5.90. The zero-order valence-electron chi connectivity index (χ0n) is 11.4. The first kappa shape index (κ1) is 13.2. The molecule has 0 spiro atoms. The van der Waals surface area contributed by atoms with Crippen LogP contribution < -0.4 is 20.5 Å². The first-order chi connectivity index (χ1) is 9.72. The van der Waals surface area contributed by atoms with Gasteiger partial charge in [-0.05, 0) is 36.5 Å². The third-order valence-corrected chi connectivity index (χ3v) is 4.09. The van der Waals surface area contributed by atoms with Crippen LogP contribution in [0.2, 0.25) is 0 Å². The summed E-state index contributed by atoms with van der Waals surface area (Å²) in [5, 5.41) is 2.95. The summed E-state index contributed by atoms with van der Waals surface area (Å²) in [4.78, 5) is 11.9. The van der Waals surface area contributed by atoms with Crippen LogP contribution in [-0.2, 0) is 11.3 Å². The van der Waals surface area contributed by atoms with Crippen molar-refractivity contribution >= 4 is 5.91 Å². The van der Waals surface area contributed by atoms with E-state index in [-0.39, 0.29) is 18.7 Å². The van der Waals surface area contributed by atoms with Crippen LogP contribution in [0.15, 0.2) is 18.2 Å². The maximum atomic E-state index is 11.9. The molecule has 2 atom stereocenters. The Labute approximate surface area is 118 Å². The molecule has 0 unspecified atom stereocenters. The highest BCUT2D eigenvalue weighted by molar-refractivity contribution is 5.76. The van der Waals surface area contributed by atoms with E-state index in [1.807, 2.05) is 18.2 Å². The fourth-order valence-corrected chi connectivity index (χ4v) is 2.88. The van der Waals surface area contributed by atoms with Gasteiger partial charge in [-0.2, -0.15) is 0 Å². The van der Waals surface area contributed by atoms with Crippen molar-refractivity contribution in [2.75, 3.05) is 6.79 Å². The number of hydrogen-bond donors (Lipinski definition) is 2. The van der Waals surface area contributed by atoms with Gasteiger partial charge in [-0.1, -0.05) is 12.5 Å². The lowest BCUT2D eigenvalue weighted by atomic mass is 10.00. The van der Waals surface area contributed by atoms with Crippen LogP contribution in [0.25, 0.3) is 0 Å². The average Bonchev–Trinajstić information content (AvgIpc) is 3.05. The second-order valence-electron chi connectivity index (χ2n) is 5.52. The quantitative estimate of drug-likeness (QED) is 0.875. The molecule has 1 aromatic rings. The molecular weight excluding hydrogens is 256 g/mol. The molecule has 1 aliphatic heterocycles. The van der Waals surface area contributed by atoms with Gasteiger partial charge in [0.25, 0.3) is 0 Å². The monoisotopic (exact) mass is 276 g/mol. The number of rotatable bonds is 4. The zero-order chi connectivity index (χ0) is 13.9. The van der Waals surface area contributed by atoms with Crippen LogP contribution in [0.4, 0.5) is 0 Å². The van der Waals surface area contributed by atoms with E-state index in [4.69, 9.17) is 15.2 Å². The van der Waals surface area contributed by atoms with Crippen LogP contribution in [0.1, 0.15) is 31.2 Å². The van der Waals surface area contributed by atoms with Crippen molar-refractivity contribution in [3.63, 3.8) is 0 Å². The largest absolute Gasteiger partial charge is 0.454 e. The Bertz CT molecular complexity index is 504. The molecule has 1 saturated carbocycles. The normalized spacial score (nSPS) is 23.9. The number of amides is 1. The summed E-state index contributed by atoms with van der Waals surface area (Å²) >= 11 is 0. The SMILES string of the molecule is N[C@@H]1CCC[C@H]1CC(=O)NCc1ccc2c(c1)OCO2. The van der Waals surface area contributed by atoms with Crippen molar-refractivity contribution in [3.05, 3.63) is 23.8 Å². The topological polar surface area (TPSA) is 73.6 Å². The van der Waals surface area contributed by atoms with Crippen LogP contribution in [0.3, 0.4) is 0 Å². The number of benzene rings is 1. The van der Waals surface area contributed by atoms with Gasteiger partial charge >= 0.3 is 0 Å². The van der Waals surface area contributed by atoms with E-state index in [2.05, 4.69) is 5.32 Å². The van der Waals surface area contributed by atoms with Crippen molar-refractivity contribution in [3.8, 4) is 11.5 Å². The zero-order valence-corrected chi connectivity index (χ0v) is 11.4. The average molecular weight is 276 g/mol. The van der Waals surface area contributed by atoms with E-state index in [0.29, 0.717) is 18.9 Å². The standard InChI is InChI=1S/C15H20N2O3/c16-12-3-1-2-11(12)7-15(18)17-8-10-4-5-13-14(6-10)20-9-19-13/h4-6,11-12H,1-3,7-9,16H2,(H,17,18)/t11-,12+/m0/s1. The second kappa shape index (κ2) is 5.71. The van der Waals surface area contributed by atoms with E-state index < -0.39 is 0 Å². The van der Waals surface area contributed by atoms with E-state index >= 15 is 0 Å². The Balaban J connectivity index is 1.50.